The fourth-order valence-corrected chi connectivity index (χ4v) is 2.58. The lowest BCUT2D eigenvalue weighted by Crippen LogP contribution is -2.02. The Balaban J connectivity index is 1.93. The fourth-order valence-electron chi connectivity index (χ4n) is 1.65. The van der Waals surface area contributed by atoms with Gasteiger partial charge in [-0.2, -0.15) is 0 Å². The number of carboxylic acid groups (broad SMARTS) is 1. The lowest BCUT2D eigenvalue weighted by molar-refractivity contribution is 0.0690. The maximum Gasteiger partial charge on any atom is 0.358 e. The lowest BCUT2D eigenvalue weighted by Gasteiger charge is -2.08. The fraction of sp³-hybridized carbons (Fsp3) is 0.308. The van der Waals surface area contributed by atoms with E-state index >= 15 is 0 Å². The Kier molecular flexibility index (Phi) is 5.04. The highest BCUT2D eigenvalue weighted by molar-refractivity contribution is 7.99. The zero-order chi connectivity index (χ0) is 15.2. The third kappa shape index (κ3) is 4.12. The second kappa shape index (κ2) is 6.98. The average Bonchev–Trinajstić information content (AvgIpc) is 2.92. The molecule has 1 aromatic heterocycles. The van der Waals surface area contributed by atoms with Crippen LogP contribution in [-0.4, -0.2) is 38.4 Å². The molecule has 2 aromatic rings. The topological polar surface area (TPSA) is 103 Å². The van der Waals surface area contributed by atoms with Crippen molar-refractivity contribution in [2.24, 2.45) is 0 Å². The first kappa shape index (κ1) is 15.2. The van der Waals surface area contributed by atoms with Gasteiger partial charge >= 0.3 is 5.97 Å². The van der Waals surface area contributed by atoms with Crippen molar-refractivity contribution in [2.45, 2.75) is 18.4 Å². The highest BCUT2D eigenvalue weighted by Gasteiger charge is 2.08. The standard InChI is InChI=1S/C13H16N4O3S/c1-2-20-9-3-4-10(14)12(7-9)21-6-5-17-8-11(13(18)19)15-16-17/h3-4,7-8H,2,5-6,14H2,1H3,(H,18,19). The zero-order valence-electron chi connectivity index (χ0n) is 11.5. The van der Waals surface area contributed by atoms with Gasteiger partial charge in [0.05, 0.1) is 19.3 Å². The molecule has 0 atom stereocenters. The molecule has 0 radical (unpaired) electrons. The van der Waals surface area contributed by atoms with E-state index in [0.29, 0.717) is 24.6 Å². The minimum absolute atomic E-state index is 0.0575. The number of aromatic nitrogens is 3. The summed E-state index contributed by atoms with van der Waals surface area (Å²) >= 11 is 1.56. The van der Waals surface area contributed by atoms with Gasteiger partial charge < -0.3 is 15.6 Å². The maximum absolute atomic E-state index is 10.7. The van der Waals surface area contributed by atoms with E-state index in [1.807, 2.05) is 25.1 Å². The summed E-state index contributed by atoms with van der Waals surface area (Å²) in [6.45, 7) is 3.07. The second-order valence-corrected chi connectivity index (χ2v) is 5.29. The van der Waals surface area contributed by atoms with E-state index in [0.717, 1.165) is 10.6 Å². The molecule has 0 aliphatic heterocycles. The molecule has 0 saturated heterocycles. The number of nitrogens with two attached hydrogens (primary N) is 1. The predicted molar refractivity (Wildman–Crippen MR) is 79.7 cm³/mol. The Hall–Kier alpha value is -2.22. The highest BCUT2D eigenvalue weighted by Crippen LogP contribution is 2.29. The molecule has 8 heteroatoms. The van der Waals surface area contributed by atoms with Gasteiger partial charge in [-0.25, -0.2) is 4.79 Å². The molecule has 3 N–H and O–H groups in total. The Labute approximate surface area is 126 Å². The number of aryl methyl sites for hydroxylation is 1. The van der Waals surface area contributed by atoms with E-state index in [1.165, 1.54) is 10.9 Å². The number of aromatic carboxylic acids is 1. The molecule has 0 fully saturated rings. The molecule has 0 saturated carbocycles. The van der Waals surface area contributed by atoms with Crippen LogP contribution in [0.4, 0.5) is 5.69 Å². The van der Waals surface area contributed by atoms with Crippen LogP contribution in [0.15, 0.2) is 29.3 Å². The quantitative estimate of drug-likeness (QED) is 0.593. The summed E-state index contributed by atoms with van der Waals surface area (Å²) in [7, 11) is 0. The van der Waals surface area contributed by atoms with Gasteiger partial charge in [0.1, 0.15) is 5.75 Å². The van der Waals surface area contributed by atoms with E-state index in [1.54, 1.807) is 11.8 Å². The normalized spacial score (nSPS) is 10.5. The molecule has 0 unspecified atom stereocenters. The molecule has 0 spiro atoms. The van der Waals surface area contributed by atoms with E-state index in [4.69, 9.17) is 15.6 Å². The molecule has 0 bridgehead atoms. The van der Waals surface area contributed by atoms with Gasteiger partial charge in [-0.1, -0.05) is 5.21 Å². The average molecular weight is 308 g/mol. The van der Waals surface area contributed by atoms with Crippen LogP contribution < -0.4 is 10.5 Å². The van der Waals surface area contributed by atoms with Crippen LogP contribution in [0.2, 0.25) is 0 Å². The molecule has 7 nitrogen and oxygen atoms in total. The van der Waals surface area contributed by atoms with E-state index < -0.39 is 5.97 Å². The smallest absolute Gasteiger partial charge is 0.358 e. The number of benzene rings is 1. The number of nitrogens with zero attached hydrogens (tertiary/aromatic N) is 3. The summed E-state index contributed by atoms with van der Waals surface area (Å²) in [6.07, 6.45) is 1.41. The van der Waals surface area contributed by atoms with Crippen LogP contribution in [0.3, 0.4) is 0 Å². The first-order valence-corrected chi connectivity index (χ1v) is 7.37. The summed E-state index contributed by atoms with van der Waals surface area (Å²) in [5.74, 6) is 0.396. The third-order valence-electron chi connectivity index (χ3n) is 2.63. The number of thioether (sulfide) groups is 1. The van der Waals surface area contributed by atoms with Crippen molar-refractivity contribution in [3.05, 3.63) is 30.1 Å². The molecule has 112 valence electrons. The van der Waals surface area contributed by atoms with Crippen LogP contribution in [0.1, 0.15) is 17.4 Å². The number of anilines is 1. The number of carboxylic acids is 1. The Morgan fingerprint density at radius 2 is 2.33 bits per heavy atom. The van der Waals surface area contributed by atoms with Crippen LogP contribution >= 0.6 is 11.8 Å². The molecular weight excluding hydrogens is 292 g/mol. The Morgan fingerprint density at radius 3 is 3.00 bits per heavy atom. The molecule has 0 aliphatic carbocycles. The van der Waals surface area contributed by atoms with Gasteiger partial charge in [0.2, 0.25) is 0 Å². The molecule has 21 heavy (non-hydrogen) atoms. The minimum Gasteiger partial charge on any atom is -0.494 e. The first-order chi connectivity index (χ1) is 10.1. The van der Waals surface area contributed by atoms with Crippen molar-refractivity contribution in [1.82, 2.24) is 15.0 Å². The minimum atomic E-state index is -1.08. The summed E-state index contributed by atoms with van der Waals surface area (Å²) in [6, 6.07) is 5.54. The molecular formula is C13H16N4O3S. The van der Waals surface area contributed by atoms with Crippen LogP contribution in [0.25, 0.3) is 0 Å². The maximum atomic E-state index is 10.7. The van der Waals surface area contributed by atoms with Gasteiger partial charge in [0, 0.05) is 16.3 Å². The first-order valence-electron chi connectivity index (χ1n) is 6.38. The number of nitrogen functional groups attached to an aromatic ring is 1. The lowest BCUT2D eigenvalue weighted by atomic mass is 10.3. The number of carbonyl (C=O) groups is 1. The van der Waals surface area contributed by atoms with Gasteiger partial charge in [0.15, 0.2) is 5.69 Å². The van der Waals surface area contributed by atoms with E-state index in [-0.39, 0.29) is 5.69 Å². The summed E-state index contributed by atoms with van der Waals surface area (Å²) in [5.41, 5.74) is 6.55. The number of rotatable bonds is 7. The predicted octanol–water partition coefficient (Wildman–Crippen LogP) is 1.75. The largest absolute Gasteiger partial charge is 0.494 e. The van der Waals surface area contributed by atoms with Crippen molar-refractivity contribution < 1.29 is 14.6 Å². The molecule has 1 heterocycles. The highest BCUT2D eigenvalue weighted by atomic mass is 32.2. The van der Waals surface area contributed by atoms with E-state index in [9.17, 15) is 4.79 Å². The summed E-state index contributed by atoms with van der Waals surface area (Å²) < 4.78 is 6.93. The second-order valence-electron chi connectivity index (χ2n) is 4.15. The Morgan fingerprint density at radius 1 is 1.52 bits per heavy atom. The number of hydrogen-bond donors (Lipinski definition) is 2. The van der Waals surface area contributed by atoms with Crippen molar-refractivity contribution in [3.8, 4) is 5.75 Å². The summed E-state index contributed by atoms with van der Waals surface area (Å²) in [5, 5.41) is 16.1. The Bertz CT molecular complexity index is 630. The van der Waals surface area contributed by atoms with Gasteiger partial charge in [-0.15, -0.1) is 16.9 Å². The van der Waals surface area contributed by atoms with E-state index in [2.05, 4.69) is 10.3 Å². The molecule has 0 aliphatic rings. The SMILES string of the molecule is CCOc1ccc(N)c(SCCn2cc(C(=O)O)nn2)c1. The van der Waals surface area contributed by atoms with Gasteiger partial charge in [-0.05, 0) is 25.1 Å². The van der Waals surface area contributed by atoms with Crippen molar-refractivity contribution >= 4 is 23.4 Å². The zero-order valence-corrected chi connectivity index (χ0v) is 12.3. The van der Waals surface area contributed by atoms with Gasteiger partial charge in [0.25, 0.3) is 0 Å². The van der Waals surface area contributed by atoms with Crippen molar-refractivity contribution in [1.29, 1.82) is 0 Å². The summed E-state index contributed by atoms with van der Waals surface area (Å²) in [4.78, 5) is 11.6. The molecule has 2 rings (SSSR count). The van der Waals surface area contributed by atoms with Crippen LogP contribution in [-0.2, 0) is 6.54 Å². The molecule has 1 aromatic carbocycles. The third-order valence-corrected chi connectivity index (χ3v) is 3.68. The molecule has 0 amide bonds. The van der Waals surface area contributed by atoms with Gasteiger partial charge in [-0.3, -0.25) is 4.68 Å². The van der Waals surface area contributed by atoms with Crippen LogP contribution in [0.5, 0.6) is 5.75 Å². The van der Waals surface area contributed by atoms with Crippen LogP contribution in [0, 0.1) is 0 Å². The monoisotopic (exact) mass is 308 g/mol. The number of hydrogen-bond acceptors (Lipinski definition) is 6. The van der Waals surface area contributed by atoms with Crippen molar-refractivity contribution in [2.75, 3.05) is 18.1 Å². The van der Waals surface area contributed by atoms with Crippen molar-refractivity contribution in [3.63, 3.8) is 0 Å². The number of ether oxygens (including phenoxy) is 1.